The van der Waals surface area contributed by atoms with Crippen LogP contribution in [0.2, 0.25) is 10.0 Å². The standard InChI is InChI=1S/C49H52Cl2F2N10O/c50-41-27-58-45(23-43(41)56-25-31-7-1-11-35(52)19-31)60-39-15-3-9-33(21-39)47(62-17-5-13-37(54)29-62)49(64)48(63-18-6-14-38(55)30-63)34-10-4-16-40(22-34)61-46-24-44(42(51)28-59-46)57-26-32-8-2-12-36(53)20-32/h1-4,7-12,15-16,19-24,27-28,37-38,47-48H,5-6,13-14,17-18,25-26,29-30,54-55H2,(H2,56,58,60)(H2,57,59,61)/t37?,38?,47-,48-/m1/s1. The minimum atomic E-state index is -0.626. The second-order valence-corrected chi connectivity index (χ2v) is 17.4. The number of carbonyl (C=O) groups excluding carboxylic acids is 1. The van der Waals surface area contributed by atoms with Crippen molar-refractivity contribution < 1.29 is 13.6 Å². The van der Waals surface area contributed by atoms with Gasteiger partial charge in [0, 0.05) is 61.8 Å². The zero-order valence-corrected chi connectivity index (χ0v) is 36.8. The lowest BCUT2D eigenvalue weighted by atomic mass is 9.88. The highest BCUT2D eigenvalue weighted by Gasteiger charge is 2.39. The molecule has 2 aliphatic heterocycles. The Kier molecular flexibility index (Phi) is 14.7. The van der Waals surface area contributed by atoms with E-state index in [0.717, 1.165) is 59.3 Å². The molecule has 2 aliphatic rings. The van der Waals surface area contributed by atoms with Crippen molar-refractivity contribution in [1.29, 1.82) is 0 Å². The largest absolute Gasteiger partial charge is 0.380 e. The lowest BCUT2D eigenvalue weighted by Gasteiger charge is -2.42. The van der Waals surface area contributed by atoms with Crippen LogP contribution in [0.3, 0.4) is 0 Å². The van der Waals surface area contributed by atoms with Gasteiger partial charge in [-0.25, -0.2) is 18.7 Å². The van der Waals surface area contributed by atoms with E-state index in [-0.39, 0.29) is 29.5 Å². The number of piperidine rings is 2. The number of aromatic nitrogens is 2. The quantitative estimate of drug-likeness (QED) is 0.0551. The molecular formula is C49H52Cl2F2N10O. The molecule has 2 unspecified atom stereocenters. The molecule has 11 nitrogen and oxygen atoms in total. The Bertz CT molecular complexity index is 2390. The van der Waals surface area contributed by atoms with Crippen LogP contribution in [0.4, 0.5) is 43.2 Å². The molecule has 0 aliphatic carbocycles. The van der Waals surface area contributed by atoms with Crippen LogP contribution in [0, 0.1) is 11.6 Å². The Morgan fingerprint density at radius 3 is 1.50 bits per heavy atom. The summed E-state index contributed by atoms with van der Waals surface area (Å²) >= 11 is 13.1. The summed E-state index contributed by atoms with van der Waals surface area (Å²) in [5.41, 5.74) is 19.2. The number of carbonyl (C=O) groups is 1. The molecule has 6 aromatic rings. The number of nitrogens with two attached hydrogens (primary N) is 2. The normalized spacial score (nSPS) is 17.9. The van der Waals surface area contributed by atoms with E-state index in [1.165, 1.54) is 24.3 Å². The van der Waals surface area contributed by atoms with Crippen LogP contribution in [-0.4, -0.2) is 63.8 Å². The van der Waals surface area contributed by atoms with E-state index >= 15 is 4.79 Å². The molecule has 2 saturated heterocycles. The predicted molar refractivity (Wildman–Crippen MR) is 253 cm³/mol. The van der Waals surface area contributed by atoms with Crippen molar-refractivity contribution in [1.82, 2.24) is 19.8 Å². The number of nitrogens with zero attached hydrogens (tertiary/aromatic N) is 4. The third kappa shape index (κ3) is 11.5. The molecule has 0 amide bonds. The SMILES string of the molecule is NC1CCCN([C@@H](C(=O)[C@@H](c2cccc(Nc3cc(NCc4cccc(F)c4)c(Cl)cn3)c2)N2CCCC(N)C2)c2cccc(Nc3cc(NCc4cccc(F)c4)c(Cl)cn3)c2)C1. The van der Waals surface area contributed by atoms with Crippen molar-refractivity contribution in [2.45, 2.75) is 62.9 Å². The third-order valence-corrected chi connectivity index (χ3v) is 12.3. The maximum atomic E-state index is 15.7. The first-order valence-electron chi connectivity index (χ1n) is 21.6. The highest BCUT2D eigenvalue weighted by Crippen LogP contribution is 2.37. The van der Waals surface area contributed by atoms with Gasteiger partial charge in [0.25, 0.3) is 0 Å². The van der Waals surface area contributed by atoms with Crippen LogP contribution in [0.25, 0.3) is 0 Å². The first-order valence-corrected chi connectivity index (χ1v) is 22.3. The van der Waals surface area contributed by atoms with Crippen LogP contribution in [0.15, 0.2) is 122 Å². The van der Waals surface area contributed by atoms with E-state index in [4.69, 9.17) is 34.7 Å². The molecule has 0 spiro atoms. The molecule has 64 heavy (non-hydrogen) atoms. The minimum absolute atomic E-state index is 0.0272. The van der Waals surface area contributed by atoms with Gasteiger partial charge in [0.2, 0.25) is 0 Å². The summed E-state index contributed by atoms with van der Waals surface area (Å²) in [6.07, 6.45) is 6.64. The maximum Gasteiger partial charge on any atom is 0.176 e. The average molecular weight is 906 g/mol. The van der Waals surface area contributed by atoms with Crippen LogP contribution >= 0.6 is 23.2 Å². The first-order chi connectivity index (χ1) is 31.0. The van der Waals surface area contributed by atoms with Gasteiger partial charge in [-0.2, -0.15) is 0 Å². The number of rotatable bonds is 16. The molecule has 332 valence electrons. The summed E-state index contributed by atoms with van der Waals surface area (Å²) in [6, 6.07) is 30.8. The predicted octanol–water partition coefficient (Wildman–Crippen LogP) is 9.97. The van der Waals surface area contributed by atoms with Crippen LogP contribution in [0.5, 0.6) is 0 Å². The molecule has 8 N–H and O–H groups in total. The second kappa shape index (κ2) is 20.9. The van der Waals surface area contributed by atoms with Gasteiger partial charge in [0.15, 0.2) is 5.78 Å². The zero-order valence-electron chi connectivity index (χ0n) is 35.3. The van der Waals surface area contributed by atoms with E-state index in [2.05, 4.69) is 41.0 Å². The van der Waals surface area contributed by atoms with Gasteiger partial charge in [-0.05, 0) is 110 Å². The fraction of sp³-hybridized carbons (Fsp3) is 0.286. The number of likely N-dealkylation sites (tertiary alicyclic amines) is 2. The monoisotopic (exact) mass is 904 g/mol. The van der Waals surface area contributed by atoms with Crippen molar-refractivity contribution in [3.8, 4) is 0 Å². The van der Waals surface area contributed by atoms with Crippen LogP contribution < -0.4 is 32.7 Å². The van der Waals surface area contributed by atoms with Crippen LogP contribution in [-0.2, 0) is 17.9 Å². The van der Waals surface area contributed by atoms with E-state index in [0.29, 0.717) is 72.3 Å². The summed E-state index contributed by atoms with van der Waals surface area (Å²) < 4.78 is 27.7. The van der Waals surface area contributed by atoms with Gasteiger partial charge < -0.3 is 32.7 Å². The van der Waals surface area contributed by atoms with Gasteiger partial charge in [-0.3, -0.25) is 14.6 Å². The fourth-order valence-corrected chi connectivity index (χ4v) is 8.99. The fourth-order valence-electron chi connectivity index (χ4n) is 8.65. The Morgan fingerprint density at radius 1 is 0.641 bits per heavy atom. The smallest absolute Gasteiger partial charge is 0.176 e. The van der Waals surface area contributed by atoms with Gasteiger partial charge in [0.1, 0.15) is 23.3 Å². The van der Waals surface area contributed by atoms with Crippen LogP contribution in [0.1, 0.15) is 60.0 Å². The lowest BCUT2D eigenvalue weighted by molar-refractivity contribution is -0.131. The highest BCUT2D eigenvalue weighted by atomic mass is 35.5. The molecule has 15 heteroatoms. The topological polar surface area (TPSA) is 149 Å². The van der Waals surface area contributed by atoms with Crippen molar-refractivity contribution >= 4 is 63.4 Å². The molecule has 4 aromatic carbocycles. The van der Waals surface area contributed by atoms with E-state index in [1.807, 2.05) is 60.7 Å². The number of hydrogen-bond donors (Lipinski definition) is 6. The minimum Gasteiger partial charge on any atom is -0.380 e. The first kappa shape index (κ1) is 44.9. The number of Topliss-reactive ketones (excluding diaryl/α,β-unsaturated/α-hetero) is 1. The summed E-state index contributed by atoms with van der Waals surface area (Å²) in [7, 11) is 0. The molecule has 8 rings (SSSR count). The van der Waals surface area contributed by atoms with Gasteiger partial charge in [0.05, 0.1) is 45.9 Å². The number of hydrogen-bond acceptors (Lipinski definition) is 11. The number of halogens is 4. The third-order valence-electron chi connectivity index (χ3n) is 11.7. The molecule has 0 saturated carbocycles. The molecular weight excluding hydrogens is 854 g/mol. The number of benzene rings is 4. The van der Waals surface area contributed by atoms with E-state index in [9.17, 15) is 8.78 Å². The molecule has 4 atom stereocenters. The Hall–Kier alpha value is -5.67. The van der Waals surface area contributed by atoms with Gasteiger partial charge in [-0.1, -0.05) is 71.7 Å². The lowest BCUT2D eigenvalue weighted by Crippen LogP contribution is -2.51. The van der Waals surface area contributed by atoms with Crippen molar-refractivity contribution in [2.75, 3.05) is 47.4 Å². The van der Waals surface area contributed by atoms with Gasteiger partial charge in [-0.15, -0.1) is 0 Å². The molecule has 2 fully saturated rings. The molecule has 4 heterocycles. The zero-order chi connectivity index (χ0) is 44.6. The Morgan fingerprint density at radius 2 is 1.08 bits per heavy atom. The van der Waals surface area contributed by atoms with Crippen molar-refractivity contribution in [2.24, 2.45) is 11.5 Å². The number of anilines is 6. The van der Waals surface area contributed by atoms with E-state index < -0.39 is 12.1 Å². The summed E-state index contributed by atoms with van der Waals surface area (Å²) in [4.78, 5) is 29.2. The molecule has 2 aromatic heterocycles. The summed E-state index contributed by atoms with van der Waals surface area (Å²) in [5.74, 6) is 0.495. The number of pyridine rings is 2. The van der Waals surface area contributed by atoms with Crippen molar-refractivity contribution in [3.05, 3.63) is 166 Å². The highest BCUT2D eigenvalue weighted by molar-refractivity contribution is 6.33. The Labute approximate surface area is 382 Å². The number of ketones is 1. The van der Waals surface area contributed by atoms with E-state index in [1.54, 1.807) is 36.7 Å². The summed E-state index contributed by atoms with van der Waals surface area (Å²) in [5, 5.41) is 14.3. The summed E-state index contributed by atoms with van der Waals surface area (Å²) in [6.45, 7) is 3.31. The van der Waals surface area contributed by atoms with Crippen molar-refractivity contribution in [3.63, 3.8) is 0 Å². The molecule has 0 radical (unpaired) electrons. The second-order valence-electron chi connectivity index (χ2n) is 16.6. The van der Waals surface area contributed by atoms with Gasteiger partial charge >= 0.3 is 0 Å². The average Bonchev–Trinajstić information content (AvgIpc) is 3.27. The Balaban J connectivity index is 1.07. The molecule has 0 bridgehead atoms. The number of nitrogens with one attached hydrogen (secondary N) is 4. The maximum absolute atomic E-state index is 15.7.